The Hall–Kier alpha value is -1.83. The van der Waals surface area contributed by atoms with Gasteiger partial charge in [-0.15, -0.1) is 0 Å². The van der Waals surface area contributed by atoms with Crippen LogP contribution in [-0.2, 0) is 17.8 Å². The molecule has 1 N–H and O–H groups in total. The maximum Gasteiger partial charge on any atom is 0.240 e. The van der Waals surface area contributed by atoms with Crippen LogP contribution in [0.25, 0.3) is 0 Å². The first-order valence-corrected chi connectivity index (χ1v) is 6.88. The molecular weight excluding hydrogens is 240 g/mol. The second-order valence-electron chi connectivity index (χ2n) is 5.71. The first-order valence-electron chi connectivity index (χ1n) is 6.88. The number of aryl methyl sites for hydroxylation is 2. The van der Waals surface area contributed by atoms with Gasteiger partial charge in [-0.05, 0) is 32.6 Å². The van der Waals surface area contributed by atoms with Crippen LogP contribution in [0.3, 0.4) is 0 Å². The molecule has 0 radical (unpaired) electrons. The van der Waals surface area contributed by atoms with Crippen LogP contribution < -0.4 is 5.32 Å². The Kier molecular flexibility index (Phi) is 2.81. The number of hydrogen-bond acceptors (Lipinski definition) is 3. The van der Waals surface area contributed by atoms with Gasteiger partial charge in [-0.3, -0.25) is 4.79 Å². The third-order valence-corrected chi connectivity index (χ3v) is 4.30. The number of nitriles is 1. The normalized spacial score (nSPS) is 23.9. The van der Waals surface area contributed by atoms with E-state index in [1.54, 1.807) is 0 Å². The lowest BCUT2D eigenvalue weighted by Gasteiger charge is -2.35. The average Bonchev–Trinajstić information content (AvgIpc) is 2.67. The summed E-state index contributed by atoms with van der Waals surface area (Å²) in [6.45, 7) is 2.75. The highest BCUT2D eigenvalue weighted by Gasteiger charge is 2.45. The number of amides is 1. The number of carbonyl (C=O) groups is 1. The fourth-order valence-electron chi connectivity index (χ4n) is 2.95. The van der Waals surface area contributed by atoms with Gasteiger partial charge in [0.25, 0.3) is 0 Å². The number of nitrogens with one attached hydrogen (secondary N) is 1. The monoisotopic (exact) mass is 258 g/mol. The molecule has 3 rings (SSSR count). The molecule has 1 aliphatic heterocycles. The molecule has 1 aliphatic carbocycles. The van der Waals surface area contributed by atoms with Crippen molar-refractivity contribution in [1.82, 2.24) is 14.9 Å². The zero-order valence-corrected chi connectivity index (χ0v) is 11.1. The third kappa shape index (κ3) is 2.01. The molecule has 5 nitrogen and oxygen atoms in total. The topological polar surface area (TPSA) is 70.7 Å². The van der Waals surface area contributed by atoms with E-state index in [1.807, 2.05) is 13.1 Å². The lowest BCUT2D eigenvalue weighted by Crippen LogP contribution is -2.50. The zero-order valence-electron chi connectivity index (χ0n) is 11.1. The molecule has 2 aliphatic rings. The van der Waals surface area contributed by atoms with Gasteiger partial charge in [0.15, 0.2) is 0 Å². The number of imidazole rings is 1. The van der Waals surface area contributed by atoms with Crippen molar-refractivity contribution in [3.05, 3.63) is 17.7 Å². The number of carbonyl (C=O) groups excluding carboxylic acids is 1. The van der Waals surface area contributed by atoms with Crippen molar-refractivity contribution >= 4 is 5.91 Å². The van der Waals surface area contributed by atoms with Gasteiger partial charge < -0.3 is 9.88 Å². The highest BCUT2D eigenvalue weighted by molar-refractivity contribution is 5.86. The van der Waals surface area contributed by atoms with E-state index in [0.717, 1.165) is 37.3 Å². The Bertz CT molecular complexity index is 550. The minimum atomic E-state index is -0.745. The molecule has 1 amide bonds. The molecule has 100 valence electrons. The van der Waals surface area contributed by atoms with E-state index in [1.165, 1.54) is 0 Å². The Morgan fingerprint density at radius 1 is 1.63 bits per heavy atom. The second-order valence-corrected chi connectivity index (χ2v) is 5.71. The van der Waals surface area contributed by atoms with Gasteiger partial charge in [0, 0.05) is 25.2 Å². The van der Waals surface area contributed by atoms with E-state index in [4.69, 9.17) is 0 Å². The molecule has 2 heterocycles. The molecule has 19 heavy (non-hydrogen) atoms. The first-order chi connectivity index (χ1) is 9.13. The summed E-state index contributed by atoms with van der Waals surface area (Å²) in [4.78, 5) is 16.7. The van der Waals surface area contributed by atoms with Crippen LogP contribution in [0, 0.1) is 23.7 Å². The van der Waals surface area contributed by atoms with Crippen LogP contribution in [0.15, 0.2) is 6.20 Å². The maximum absolute atomic E-state index is 12.2. The van der Waals surface area contributed by atoms with Crippen LogP contribution in [0.1, 0.15) is 37.2 Å². The van der Waals surface area contributed by atoms with Crippen molar-refractivity contribution in [2.24, 2.45) is 5.41 Å². The lowest BCUT2D eigenvalue weighted by atomic mass is 9.69. The fourth-order valence-corrected chi connectivity index (χ4v) is 2.95. The number of fused-ring (bicyclic) bond motifs is 1. The Morgan fingerprint density at radius 3 is 3.05 bits per heavy atom. The first kappa shape index (κ1) is 12.2. The second kappa shape index (κ2) is 4.37. The van der Waals surface area contributed by atoms with Crippen LogP contribution in [0.2, 0.25) is 0 Å². The highest BCUT2D eigenvalue weighted by Crippen LogP contribution is 2.40. The summed E-state index contributed by atoms with van der Waals surface area (Å²) in [7, 11) is 0. The summed E-state index contributed by atoms with van der Waals surface area (Å²) in [6, 6.07) is 2.32. The fraction of sp³-hybridized carbons (Fsp3) is 0.643. The smallest absolute Gasteiger partial charge is 0.240 e. The quantitative estimate of drug-likeness (QED) is 0.869. The summed E-state index contributed by atoms with van der Waals surface area (Å²) < 4.78 is 2.11. The van der Waals surface area contributed by atoms with E-state index in [2.05, 4.69) is 20.9 Å². The summed E-state index contributed by atoms with van der Waals surface area (Å²) >= 11 is 0. The van der Waals surface area contributed by atoms with E-state index < -0.39 is 5.41 Å². The molecule has 1 aromatic heterocycles. The molecule has 1 fully saturated rings. The standard InChI is InChI=1S/C14H18N4O/c1-10-7-18-8-11(3-4-12(18)16-10)17-13(19)14(9-15)5-2-6-14/h7,11H,2-6,8H2,1H3,(H,17,19)/t11-/m0/s1. The third-order valence-electron chi connectivity index (χ3n) is 4.30. The lowest BCUT2D eigenvalue weighted by molar-refractivity contribution is -0.132. The summed E-state index contributed by atoms with van der Waals surface area (Å²) in [5, 5.41) is 12.2. The zero-order chi connectivity index (χ0) is 13.5. The summed E-state index contributed by atoms with van der Waals surface area (Å²) in [6.07, 6.45) is 6.21. The molecule has 0 saturated heterocycles. The largest absolute Gasteiger partial charge is 0.350 e. The molecule has 0 spiro atoms. The Balaban J connectivity index is 1.66. The van der Waals surface area contributed by atoms with Gasteiger partial charge in [0.1, 0.15) is 11.2 Å². The van der Waals surface area contributed by atoms with Gasteiger partial charge in [0.2, 0.25) is 5.91 Å². The van der Waals surface area contributed by atoms with Crippen LogP contribution in [-0.4, -0.2) is 21.5 Å². The molecule has 1 atom stereocenters. The predicted octanol–water partition coefficient (Wildman–Crippen LogP) is 1.32. The van der Waals surface area contributed by atoms with Gasteiger partial charge in [0.05, 0.1) is 11.8 Å². The van der Waals surface area contributed by atoms with Crippen LogP contribution in [0.4, 0.5) is 0 Å². The summed E-state index contributed by atoms with van der Waals surface area (Å²) in [5.41, 5.74) is 0.278. The Morgan fingerprint density at radius 2 is 2.42 bits per heavy atom. The van der Waals surface area contributed by atoms with Gasteiger partial charge in [-0.25, -0.2) is 4.98 Å². The number of hydrogen-bond donors (Lipinski definition) is 1. The number of rotatable bonds is 2. The van der Waals surface area contributed by atoms with E-state index in [0.29, 0.717) is 12.8 Å². The summed E-state index contributed by atoms with van der Waals surface area (Å²) in [5.74, 6) is 1.02. The van der Waals surface area contributed by atoms with Crippen molar-refractivity contribution in [3.63, 3.8) is 0 Å². The minimum absolute atomic E-state index is 0.0773. The van der Waals surface area contributed by atoms with Gasteiger partial charge in [-0.1, -0.05) is 0 Å². The SMILES string of the molecule is Cc1cn2c(n1)CC[C@H](NC(=O)C1(C#N)CCC1)C2. The van der Waals surface area contributed by atoms with Crippen LogP contribution >= 0.6 is 0 Å². The van der Waals surface area contributed by atoms with Crippen molar-refractivity contribution in [3.8, 4) is 6.07 Å². The molecule has 1 aromatic rings. The van der Waals surface area contributed by atoms with Crippen molar-refractivity contribution in [1.29, 1.82) is 5.26 Å². The minimum Gasteiger partial charge on any atom is -0.350 e. The highest BCUT2D eigenvalue weighted by atomic mass is 16.2. The van der Waals surface area contributed by atoms with Crippen molar-refractivity contribution in [2.75, 3.05) is 0 Å². The molecular formula is C14H18N4O. The maximum atomic E-state index is 12.2. The molecule has 0 unspecified atom stereocenters. The Labute approximate surface area is 112 Å². The van der Waals surface area contributed by atoms with Crippen molar-refractivity contribution in [2.45, 2.75) is 51.6 Å². The number of nitrogens with zero attached hydrogens (tertiary/aromatic N) is 3. The average molecular weight is 258 g/mol. The molecule has 5 heteroatoms. The molecule has 0 bridgehead atoms. The number of aromatic nitrogens is 2. The predicted molar refractivity (Wildman–Crippen MR) is 69.1 cm³/mol. The van der Waals surface area contributed by atoms with Crippen molar-refractivity contribution < 1.29 is 4.79 Å². The van der Waals surface area contributed by atoms with E-state index in [9.17, 15) is 10.1 Å². The van der Waals surface area contributed by atoms with E-state index >= 15 is 0 Å². The van der Waals surface area contributed by atoms with E-state index in [-0.39, 0.29) is 11.9 Å². The van der Waals surface area contributed by atoms with Gasteiger partial charge >= 0.3 is 0 Å². The molecule has 0 aromatic carbocycles. The van der Waals surface area contributed by atoms with Gasteiger partial charge in [-0.2, -0.15) is 5.26 Å². The van der Waals surface area contributed by atoms with Crippen LogP contribution in [0.5, 0.6) is 0 Å². The molecule has 1 saturated carbocycles.